The van der Waals surface area contributed by atoms with Crippen molar-refractivity contribution in [2.75, 3.05) is 5.32 Å². The van der Waals surface area contributed by atoms with Crippen LogP contribution in [-0.2, 0) is 11.3 Å². The van der Waals surface area contributed by atoms with E-state index in [2.05, 4.69) is 36.5 Å². The molecule has 140 valence electrons. The highest BCUT2D eigenvalue weighted by Gasteiger charge is 2.15. The van der Waals surface area contributed by atoms with E-state index in [1.165, 1.54) is 15.6 Å². The molecule has 0 radical (unpaired) electrons. The normalized spacial score (nSPS) is 10.9. The Kier molecular flexibility index (Phi) is 4.74. The van der Waals surface area contributed by atoms with Crippen LogP contribution < -0.4 is 10.9 Å². The van der Waals surface area contributed by atoms with Gasteiger partial charge in [0, 0.05) is 4.47 Å². The minimum Gasteiger partial charge on any atom is -0.324 e. The zero-order chi connectivity index (χ0) is 19.7. The van der Waals surface area contributed by atoms with E-state index in [1.807, 2.05) is 49.4 Å². The van der Waals surface area contributed by atoms with Gasteiger partial charge in [-0.15, -0.1) is 5.10 Å². The maximum atomic E-state index is 12.7. The monoisotopic (exact) mass is 438 g/mol. The molecular formula is C19H15BrN6O2. The van der Waals surface area contributed by atoms with Gasteiger partial charge in [0.05, 0.1) is 11.4 Å². The number of hydrogen-bond acceptors (Lipinski definition) is 5. The Morgan fingerprint density at radius 1 is 1.18 bits per heavy atom. The maximum Gasteiger partial charge on any atom is 0.284 e. The average molecular weight is 439 g/mol. The fourth-order valence-electron chi connectivity index (χ4n) is 2.77. The summed E-state index contributed by atoms with van der Waals surface area (Å²) < 4.78 is 3.47. The predicted molar refractivity (Wildman–Crippen MR) is 108 cm³/mol. The zero-order valence-corrected chi connectivity index (χ0v) is 16.4. The number of fused-ring (bicyclic) bond motifs is 1. The lowest BCUT2D eigenvalue weighted by Gasteiger charge is -2.09. The summed E-state index contributed by atoms with van der Waals surface area (Å²) >= 11 is 3.42. The molecule has 0 saturated carbocycles. The number of anilines is 1. The van der Waals surface area contributed by atoms with Gasteiger partial charge < -0.3 is 5.32 Å². The van der Waals surface area contributed by atoms with Gasteiger partial charge in [0.1, 0.15) is 12.9 Å². The summed E-state index contributed by atoms with van der Waals surface area (Å²) in [5.74, 6) is -0.344. The number of halogens is 1. The Bertz CT molecular complexity index is 1230. The number of rotatable bonds is 4. The number of carbonyl (C=O) groups excluding carboxylic acids is 1. The van der Waals surface area contributed by atoms with E-state index < -0.39 is 5.56 Å². The number of para-hydroxylation sites is 1. The van der Waals surface area contributed by atoms with Crippen LogP contribution in [-0.4, -0.2) is 30.5 Å². The molecule has 0 spiro atoms. The minimum absolute atomic E-state index is 0.107. The van der Waals surface area contributed by atoms with Crippen LogP contribution in [0.1, 0.15) is 5.56 Å². The van der Waals surface area contributed by atoms with Gasteiger partial charge in [0.2, 0.25) is 5.91 Å². The third-order valence-electron chi connectivity index (χ3n) is 4.14. The van der Waals surface area contributed by atoms with Gasteiger partial charge in [0.25, 0.3) is 5.56 Å². The molecule has 0 aliphatic carbocycles. The Labute approximate surface area is 168 Å². The number of nitrogens with one attached hydrogen (secondary N) is 1. The molecule has 1 N–H and O–H groups in total. The van der Waals surface area contributed by atoms with E-state index in [1.54, 1.807) is 6.07 Å². The third kappa shape index (κ3) is 3.44. The molecule has 1 amide bonds. The van der Waals surface area contributed by atoms with Crippen LogP contribution in [0.5, 0.6) is 0 Å². The van der Waals surface area contributed by atoms with Crippen molar-refractivity contribution in [2.24, 2.45) is 0 Å². The van der Waals surface area contributed by atoms with Crippen molar-refractivity contribution < 1.29 is 4.79 Å². The molecular weight excluding hydrogens is 424 g/mol. The van der Waals surface area contributed by atoms with Crippen molar-refractivity contribution in [3.8, 4) is 5.69 Å². The first-order valence-corrected chi connectivity index (χ1v) is 9.24. The summed E-state index contributed by atoms with van der Waals surface area (Å²) in [7, 11) is 0. The van der Waals surface area contributed by atoms with Gasteiger partial charge in [-0.2, -0.15) is 4.68 Å². The van der Waals surface area contributed by atoms with E-state index in [-0.39, 0.29) is 18.0 Å². The number of aryl methyl sites for hydroxylation is 1. The molecule has 8 nitrogen and oxygen atoms in total. The number of nitrogens with zero attached hydrogens (tertiary/aromatic N) is 5. The molecule has 2 heterocycles. The highest BCUT2D eigenvalue weighted by atomic mass is 79.9. The second-order valence-electron chi connectivity index (χ2n) is 6.22. The van der Waals surface area contributed by atoms with Crippen LogP contribution in [0.4, 0.5) is 5.69 Å². The molecule has 4 aromatic rings. The smallest absolute Gasteiger partial charge is 0.284 e. The molecule has 0 aliphatic heterocycles. The first kappa shape index (κ1) is 18.1. The second kappa shape index (κ2) is 7.35. The Morgan fingerprint density at radius 2 is 1.96 bits per heavy atom. The standard InChI is InChI=1S/C19H15BrN6O2/c1-12-7-8-15(14(20)9-12)22-16(27)10-25-11-21-18-17(19(25)28)23-24-26(18)13-5-3-2-4-6-13/h2-9,11H,10H2,1H3,(H,22,27). The summed E-state index contributed by atoms with van der Waals surface area (Å²) in [6, 6.07) is 14.9. The number of amides is 1. The van der Waals surface area contributed by atoms with E-state index in [0.29, 0.717) is 11.3 Å². The molecule has 2 aromatic heterocycles. The molecule has 4 rings (SSSR count). The molecule has 0 saturated heterocycles. The summed E-state index contributed by atoms with van der Waals surface area (Å²) in [4.78, 5) is 29.3. The van der Waals surface area contributed by atoms with Crippen molar-refractivity contribution in [2.45, 2.75) is 13.5 Å². The van der Waals surface area contributed by atoms with Gasteiger partial charge in [-0.05, 0) is 52.7 Å². The Balaban J connectivity index is 1.60. The van der Waals surface area contributed by atoms with Crippen molar-refractivity contribution in [3.05, 3.63) is 75.2 Å². The highest BCUT2D eigenvalue weighted by molar-refractivity contribution is 9.10. The lowest BCUT2D eigenvalue weighted by atomic mass is 10.2. The van der Waals surface area contributed by atoms with Gasteiger partial charge in [-0.1, -0.05) is 29.5 Å². The maximum absolute atomic E-state index is 12.7. The SMILES string of the molecule is Cc1ccc(NC(=O)Cn2cnc3c(nnn3-c3ccccc3)c2=O)c(Br)c1. The molecule has 28 heavy (non-hydrogen) atoms. The van der Waals surface area contributed by atoms with Crippen LogP contribution in [0.2, 0.25) is 0 Å². The lowest BCUT2D eigenvalue weighted by molar-refractivity contribution is -0.116. The first-order valence-electron chi connectivity index (χ1n) is 8.45. The van der Waals surface area contributed by atoms with E-state index in [9.17, 15) is 9.59 Å². The average Bonchev–Trinajstić information content (AvgIpc) is 3.12. The van der Waals surface area contributed by atoms with Crippen LogP contribution in [0, 0.1) is 6.92 Å². The number of aromatic nitrogens is 5. The number of carbonyl (C=O) groups is 1. The van der Waals surface area contributed by atoms with Gasteiger partial charge in [-0.3, -0.25) is 14.2 Å². The third-order valence-corrected chi connectivity index (χ3v) is 4.80. The molecule has 0 aliphatic rings. The van der Waals surface area contributed by atoms with Crippen LogP contribution in [0.25, 0.3) is 16.9 Å². The van der Waals surface area contributed by atoms with Crippen LogP contribution in [0.15, 0.2) is 64.1 Å². The molecule has 0 unspecified atom stereocenters. The summed E-state index contributed by atoms with van der Waals surface area (Å²) in [6.07, 6.45) is 1.33. The fourth-order valence-corrected chi connectivity index (χ4v) is 3.36. The van der Waals surface area contributed by atoms with Crippen molar-refractivity contribution in [1.82, 2.24) is 24.5 Å². The Morgan fingerprint density at radius 3 is 2.71 bits per heavy atom. The number of benzene rings is 2. The van der Waals surface area contributed by atoms with Crippen LogP contribution >= 0.6 is 15.9 Å². The minimum atomic E-state index is -0.426. The van der Waals surface area contributed by atoms with Crippen molar-refractivity contribution >= 4 is 38.7 Å². The Hall–Kier alpha value is -3.33. The number of hydrogen-bond donors (Lipinski definition) is 1. The first-order chi connectivity index (χ1) is 13.5. The van der Waals surface area contributed by atoms with Crippen molar-refractivity contribution in [3.63, 3.8) is 0 Å². The predicted octanol–water partition coefficient (Wildman–Crippen LogP) is 2.69. The zero-order valence-electron chi connectivity index (χ0n) is 14.8. The van der Waals surface area contributed by atoms with Gasteiger partial charge in [-0.25, -0.2) is 4.98 Å². The quantitative estimate of drug-likeness (QED) is 0.528. The fraction of sp³-hybridized carbons (Fsp3) is 0.105. The molecule has 0 bridgehead atoms. The molecule has 2 aromatic carbocycles. The topological polar surface area (TPSA) is 94.7 Å². The molecule has 0 fully saturated rings. The van der Waals surface area contributed by atoms with Gasteiger partial charge >= 0.3 is 0 Å². The van der Waals surface area contributed by atoms with Crippen LogP contribution in [0.3, 0.4) is 0 Å². The summed E-state index contributed by atoms with van der Waals surface area (Å²) in [6.45, 7) is 1.78. The lowest BCUT2D eigenvalue weighted by Crippen LogP contribution is -2.28. The van der Waals surface area contributed by atoms with E-state index >= 15 is 0 Å². The highest BCUT2D eigenvalue weighted by Crippen LogP contribution is 2.23. The molecule has 9 heteroatoms. The van der Waals surface area contributed by atoms with Crippen molar-refractivity contribution in [1.29, 1.82) is 0 Å². The van der Waals surface area contributed by atoms with E-state index in [0.717, 1.165) is 15.7 Å². The second-order valence-corrected chi connectivity index (χ2v) is 7.07. The van der Waals surface area contributed by atoms with E-state index in [4.69, 9.17) is 0 Å². The molecule has 0 atom stereocenters. The largest absolute Gasteiger partial charge is 0.324 e. The summed E-state index contributed by atoms with van der Waals surface area (Å²) in [5, 5.41) is 10.7. The summed E-state index contributed by atoms with van der Waals surface area (Å²) in [5.41, 5.74) is 2.47. The van der Waals surface area contributed by atoms with Gasteiger partial charge in [0.15, 0.2) is 11.2 Å².